The van der Waals surface area contributed by atoms with Crippen molar-refractivity contribution in [2.45, 2.75) is 13.5 Å². The topological polar surface area (TPSA) is 58.3 Å². The number of nitrogens with zero attached hydrogens (tertiary/aromatic N) is 5. The molecule has 0 bridgehead atoms. The molecule has 3 aromatic rings. The Hall–Kier alpha value is -2.25. The Morgan fingerprint density at radius 2 is 2.04 bits per heavy atom. The fourth-order valence-corrected chi connectivity index (χ4v) is 3.57. The molecule has 0 N–H and O–H groups in total. The zero-order valence-electron chi connectivity index (χ0n) is 13.6. The second-order valence-corrected chi connectivity index (χ2v) is 6.82. The van der Waals surface area contributed by atoms with Crippen LogP contribution >= 0.6 is 11.3 Å². The molecular formula is C17H19N5OS. The van der Waals surface area contributed by atoms with Crippen molar-refractivity contribution in [1.29, 1.82) is 0 Å². The van der Waals surface area contributed by atoms with Crippen LogP contribution in [0.25, 0.3) is 11.5 Å². The lowest BCUT2D eigenvalue weighted by molar-refractivity contribution is 0.227. The van der Waals surface area contributed by atoms with Crippen LogP contribution in [0, 0.1) is 6.92 Å². The van der Waals surface area contributed by atoms with Crippen molar-refractivity contribution in [3.63, 3.8) is 0 Å². The van der Waals surface area contributed by atoms with E-state index >= 15 is 0 Å². The van der Waals surface area contributed by atoms with Gasteiger partial charge in [-0.05, 0) is 19.1 Å². The van der Waals surface area contributed by atoms with Gasteiger partial charge in [-0.1, -0.05) is 17.7 Å². The van der Waals surface area contributed by atoms with Gasteiger partial charge >= 0.3 is 0 Å². The molecule has 4 rings (SSSR count). The van der Waals surface area contributed by atoms with Gasteiger partial charge in [0.15, 0.2) is 5.13 Å². The lowest BCUT2D eigenvalue weighted by Crippen LogP contribution is -2.46. The van der Waals surface area contributed by atoms with Crippen LogP contribution in [0.5, 0.6) is 0 Å². The van der Waals surface area contributed by atoms with Gasteiger partial charge in [0.1, 0.15) is 0 Å². The number of piperazine rings is 1. The van der Waals surface area contributed by atoms with Gasteiger partial charge in [0.2, 0.25) is 11.8 Å². The van der Waals surface area contributed by atoms with Gasteiger partial charge in [-0.2, -0.15) is 0 Å². The van der Waals surface area contributed by atoms with Crippen LogP contribution in [0.3, 0.4) is 0 Å². The second kappa shape index (κ2) is 6.70. The first-order chi connectivity index (χ1) is 11.8. The number of thiazole rings is 1. The van der Waals surface area contributed by atoms with Crippen LogP contribution < -0.4 is 4.90 Å². The summed E-state index contributed by atoms with van der Waals surface area (Å²) in [5.41, 5.74) is 2.16. The Morgan fingerprint density at radius 3 is 2.79 bits per heavy atom. The molecule has 124 valence electrons. The molecule has 0 saturated carbocycles. The Bertz CT molecular complexity index is 793. The van der Waals surface area contributed by atoms with E-state index in [4.69, 9.17) is 4.42 Å². The zero-order chi connectivity index (χ0) is 16.4. The first kappa shape index (κ1) is 15.3. The number of aromatic nitrogens is 3. The van der Waals surface area contributed by atoms with Gasteiger partial charge < -0.3 is 9.32 Å². The smallest absolute Gasteiger partial charge is 0.247 e. The van der Waals surface area contributed by atoms with Gasteiger partial charge in [-0.25, -0.2) is 4.98 Å². The fraction of sp³-hybridized carbons (Fsp3) is 0.353. The third-order valence-corrected chi connectivity index (χ3v) is 4.99. The lowest BCUT2D eigenvalue weighted by atomic mass is 10.1. The maximum atomic E-state index is 5.84. The van der Waals surface area contributed by atoms with E-state index in [1.165, 1.54) is 5.56 Å². The highest BCUT2D eigenvalue weighted by Crippen LogP contribution is 2.21. The first-order valence-electron chi connectivity index (χ1n) is 8.04. The molecule has 24 heavy (non-hydrogen) atoms. The molecule has 0 amide bonds. The van der Waals surface area contributed by atoms with E-state index in [-0.39, 0.29) is 0 Å². The van der Waals surface area contributed by atoms with E-state index in [9.17, 15) is 0 Å². The number of hydrogen-bond donors (Lipinski definition) is 0. The highest BCUT2D eigenvalue weighted by Gasteiger charge is 2.20. The van der Waals surface area contributed by atoms with Gasteiger partial charge in [0, 0.05) is 43.3 Å². The van der Waals surface area contributed by atoms with Crippen LogP contribution in [0.4, 0.5) is 5.13 Å². The standard InChI is InChI=1S/C17H19N5OS/c1-13-3-2-4-14(11-13)16-20-19-15(23-16)12-21-6-8-22(9-7-21)17-18-5-10-24-17/h2-5,10-11H,6-9,12H2,1H3. The number of anilines is 1. The summed E-state index contributed by atoms with van der Waals surface area (Å²) in [6.45, 7) is 6.66. The summed E-state index contributed by atoms with van der Waals surface area (Å²) in [6, 6.07) is 8.12. The molecule has 0 aliphatic carbocycles. The summed E-state index contributed by atoms with van der Waals surface area (Å²) in [6.07, 6.45) is 1.86. The van der Waals surface area contributed by atoms with E-state index in [1.807, 2.05) is 23.7 Å². The molecule has 0 atom stereocenters. The van der Waals surface area contributed by atoms with Gasteiger partial charge in [-0.15, -0.1) is 21.5 Å². The highest BCUT2D eigenvalue weighted by atomic mass is 32.1. The Morgan fingerprint density at radius 1 is 1.17 bits per heavy atom. The van der Waals surface area contributed by atoms with Gasteiger partial charge in [0.05, 0.1) is 6.54 Å². The van der Waals surface area contributed by atoms with Crippen molar-refractivity contribution in [2.75, 3.05) is 31.1 Å². The van der Waals surface area contributed by atoms with E-state index < -0.39 is 0 Å². The molecule has 0 radical (unpaired) electrons. The number of benzene rings is 1. The molecule has 1 aliphatic heterocycles. The maximum Gasteiger partial charge on any atom is 0.247 e. The number of hydrogen-bond acceptors (Lipinski definition) is 7. The minimum atomic E-state index is 0.593. The van der Waals surface area contributed by atoms with Crippen LogP contribution in [0.1, 0.15) is 11.5 Å². The molecular weight excluding hydrogens is 322 g/mol. The summed E-state index contributed by atoms with van der Waals surface area (Å²) in [4.78, 5) is 9.05. The third kappa shape index (κ3) is 3.32. The van der Waals surface area contributed by atoms with Crippen molar-refractivity contribution >= 4 is 16.5 Å². The molecule has 2 aromatic heterocycles. The summed E-state index contributed by atoms with van der Waals surface area (Å²) in [5.74, 6) is 1.27. The van der Waals surface area contributed by atoms with Crippen molar-refractivity contribution in [2.24, 2.45) is 0 Å². The lowest BCUT2D eigenvalue weighted by Gasteiger charge is -2.33. The van der Waals surface area contributed by atoms with Gasteiger partial charge in [0.25, 0.3) is 0 Å². The summed E-state index contributed by atoms with van der Waals surface area (Å²) in [7, 11) is 0. The third-order valence-electron chi connectivity index (χ3n) is 4.15. The van der Waals surface area contributed by atoms with E-state index in [1.54, 1.807) is 11.3 Å². The molecule has 1 aliphatic rings. The Labute approximate surface area is 144 Å². The minimum Gasteiger partial charge on any atom is -0.419 e. The number of rotatable bonds is 4. The van der Waals surface area contributed by atoms with E-state index in [0.717, 1.165) is 36.9 Å². The monoisotopic (exact) mass is 341 g/mol. The second-order valence-electron chi connectivity index (χ2n) is 5.95. The molecule has 0 spiro atoms. The summed E-state index contributed by atoms with van der Waals surface area (Å²) >= 11 is 1.69. The van der Waals surface area contributed by atoms with Crippen molar-refractivity contribution in [3.05, 3.63) is 47.3 Å². The summed E-state index contributed by atoms with van der Waals surface area (Å²) in [5, 5.41) is 11.5. The Kier molecular flexibility index (Phi) is 4.27. The maximum absolute atomic E-state index is 5.84. The van der Waals surface area contributed by atoms with Crippen molar-refractivity contribution < 1.29 is 4.42 Å². The molecule has 1 fully saturated rings. The molecule has 1 saturated heterocycles. The predicted octanol–water partition coefficient (Wildman–Crippen LogP) is 2.82. The largest absolute Gasteiger partial charge is 0.419 e. The quantitative estimate of drug-likeness (QED) is 0.727. The number of aryl methyl sites for hydroxylation is 1. The Balaban J connectivity index is 1.37. The molecule has 1 aromatic carbocycles. The van der Waals surface area contributed by atoms with Crippen LogP contribution in [0.15, 0.2) is 40.3 Å². The van der Waals surface area contributed by atoms with Crippen LogP contribution in [0.2, 0.25) is 0 Å². The fourth-order valence-electron chi connectivity index (χ4n) is 2.87. The molecule has 0 unspecified atom stereocenters. The molecule has 3 heterocycles. The normalized spacial score (nSPS) is 15.8. The van der Waals surface area contributed by atoms with E-state index in [0.29, 0.717) is 18.3 Å². The van der Waals surface area contributed by atoms with Crippen molar-refractivity contribution in [1.82, 2.24) is 20.1 Å². The minimum absolute atomic E-state index is 0.593. The molecule has 7 heteroatoms. The average molecular weight is 341 g/mol. The summed E-state index contributed by atoms with van der Waals surface area (Å²) < 4.78 is 5.84. The van der Waals surface area contributed by atoms with E-state index in [2.05, 4.69) is 44.0 Å². The SMILES string of the molecule is Cc1cccc(-c2nnc(CN3CCN(c4nccs4)CC3)o2)c1. The van der Waals surface area contributed by atoms with Crippen molar-refractivity contribution in [3.8, 4) is 11.5 Å². The zero-order valence-corrected chi connectivity index (χ0v) is 14.4. The predicted molar refractivity (Wildman–Crippen MR) is 94.1 cm³/mol. The van der Waals surface area contributed by atoms with Gasteiger partial charge in [-0.3, -0.25) is 4.90 Å². The van der Waals surface area contributed by atoms with Crippen LogP contribution in [-0.4, -0.2) is 46.3 Å². The van der Waals surface area contributed by atoms with Crippen LogP contribution in [-0.2, 0) is 6.54 Å². The highest BCUT2D eigenvalue weighted by molar-refractivity contribution is 7.13. The first-order valence-corrected chi connectivity index (χ1v) is 8.92. The average Bonchev–Trinajstić information content (AvgIpc) is 3.27. The molecule has 6 nitrogen and oxygen atoms in total.